The Labute approximate surface area is 112 Å². The second-order valence-corrected chi connectivity index (χ2v) is 4.28. The Morgan fingerprint density at radius 2 is 2.21 bits per heavy atom. The first-order valence-electron chi connectivity index (χ1n) is 5.99. The predicted octanol–water partition coefficient (Wildman–Crippen LogP) is 2.31. The molecule has 0 bridgehead atoms. The molecule has 2 rings (SSSR count). The van der Waals surface area contributed by atoms with Crippen LogP contribution in [0, 0.1) is 6.92 Å². The van der Waals surface area contributed by atoms with E-state index in [0.717, 1.165) is 11.3 Å². The molecule has 19 heavy (non-hydrogen) atoms. The van der Waals surface area contributed by atoms with Gasteiger partial charge in [-0.15, -0.1) is 0 Å². The first-order chi connectivity index (χ1) is 9.10. The topological polar surface area (TPSA) is 44.1 Å². The van der Waals surface area contributed by atoms with Crippen molar-refractivity contribution in [2.45, 2.75) is 13.5 Å². The van der Waals surface area contributed by atoms with Gasteiger partial charge in [-0.25, -0.2) is 4.98 Å². The van der Waals surface area contributed by atoms with E-state index in [1.165, 1.54) is 10.6 Å². The molecular weight excluding hydrogens is 240 g/mol. The standard InChI is InChI=1S/C15H16N2O2/c1-4-12-6-5-7-13(9-12)19-10-14-16-11(2)8-15(18)17(14)3/h4-9H,1,10H2,2-3H3. The lowest BCUT2D eigenvalue weighted by Crippen LogP contribution is -2.23. The van der Waals surface area contributed by atoms with E-state index in [2.05, 4.69) is 11.6 Å². The summed E-state index contributed by atoms with van der Waals surface area (Å²) in [5, 5.41) is 0. The fraction of sp³-hybridized carbons (Fsp3) is 0.200. The molecule has 0 aliphatic carbocycles. The fourth-order valence-electron chi connectivity index (χ4n) is 1.72. The number of benzene rings is 1. The van der Waals surface area contributed by atoms with Crippen molar-refractivity contribution in [2.75, 3.05) is 0 Å². The quantitative estimate of drug-likeness (QED) is 0.843. The van der Waals surface area contributed by atoms with E-state index in [4.69, 9.17) is 4.74 Å². The van der Waals surface area contributed by atoms with E-state index in [0.29, 0.717) is 11.5 Å². The first-order valence-corrected chi connectivity index (χ1v) is 5.99. The summed E-state index contributed by atoms with van der Waals surface area (Å²) >= 11 is 0. The number of hydrogen-bond donors (Lipinski definition) is 0. The molecule has 0 aliphatic rings. The van der Waals surface area contributed by atoms with Crippen molar-refractivity contribution in [1.29, 1.82) is 0 Å². The van der Waals surface area contributed by atoms with Crippen molar-refractivity contribution in [3.63, 3.8) is 0 Å². The summed E-state index contributed by atoms with van der Waals surface area (Å²) in [5.41, 5.74) is 1.61. The average Bonchev–Trinajstić information content (AvgIpc) is 2.41. The van der Waals surface area contributed by atoms with Crippen molar-refractivity contribution >= 4 is 6.08 Å². The molecule has 98 valence electrons. The molecule has 0 aliphatic heterocycles. The molecule has 0 unspecified atom stereocenters. The number of ether oxygens (including phenoxy) is 1. The normalized spacial score (nSPS) is 10.2. The highest BCUT2D eigenvalue weighted by Gasteiger charge is 2.04. The van der Waals surface area contributed by atoms with Crippen molar-refractivity contribution < 1.29 is 4.74 Å². The Morgan fingerprint density at radius 3 is 2.95 bits per heavy atom. The summed E-state index contributed by atoms with van der Waals surface area (Å²) in [6, 6.07) is 9.10. The van der Waals surface area contributed by atoms with Crippen LogP contribution >= 0.6 is 0 Å². The zero-order chi connectivity index (χ0) is 13.8. The lowest BCUT2D eigenvalue weighted by Gasteiger charge is -2.10. The van der Waals surface area contributed by atoms with Crippen LogP contribution < -0.4 is 10.3 Å². The molecule has 4 heteroatoms. The zero-order valence-corrected chi connectivity index (χ0v) is 11.1. The van der Waals surface area contributed by atoms with Gasteiger partial charge in [-0.05, 0) is 24.6 Å². The molecular formula is C15H16N2O2. The van der Waals surface area contributed by atoms with Crippen LogP contribution in [-0.4, -0.2) is 9.55 Å². The van der Waals surface area contributed by atoms with E-state index in [1.807, 2.05) is 24.3 Å². The summed E-state index contributed by atoms with van der Waals surface area (Å²) in [6.45, 7) is 5.77. The van der Waals surface area contributed by atoms with Gasteiger partial charge in [0.1, 0.15) is 18.2 Å². The third kappa shape index (κ3) is 3.10. The van der Waals surface area contributed by atoms with Gasteiger partial charge in [-0.3, -0.25) is 9.36 Å². The number of aromatic nitrogens is 2. The van der Waals surface area contributed by atoms with Crippen LogP contribution in [0.3, 0.4) is 0 Å². The van der Waals surface area contributed by atoms with Crippen LogP contribution in [0.15, 0.2) is 41.7 Å². The maximum absolute atomic E-state index is 11.6. The van der Waals surface area contributed by atoms with Crippen molar-refractivity contribution in [3.8, 4) is 5.75 Å². The van der Waals surface area contributed by atoms with Gasteiger partial charge in [0.15, 0.2) is 0 Å². The summed E-state index contributed by atoms with van der Waals surface area (Å²) in [4.78, 5) is 15.9. The molecule has 0 N–H and O–H groups in total. The molecule has 1 aromatic carbocycles. The second kappa shape index (κ2) is 5.52. The first kappa shape index (κ1) is 13.1. The maximum Gasteiger partial charge on any atom is 0.253 e. The van der Waals surface area contributed by atoms with E-state index in [-0.39, 0.29) is 12.2 Å². The van der Waals surface area contributed by atoms with Crippen molar-refractivity contribution in [3.05, 3.63) is 64.3 Å². The number of rotatable bonds is 4. The largest absolute Gasteiger partial charge is 0.486 e. The zero-order valence-electron chi connectivity index (χ0n) is 11.1. The van der Waals surface area contributed by atoms with Crippen LogP contribution in [0.4, 0.5) is 0 Å². The predicted molar refractivity (Wildman–Crippen MR) is 75.1 cm³/mol. The van der Waals surface area contributed by atoms with Gasteiger partial charge < -0.3 is 4.74 Å². The van der Waals surface area contributed by atoms with Crippen LogP contribution in [0.5, 0.6) is 5.75 Å². The van der Waals surface area contributed by atoms with Gasteiger partial charge in [0.05, 0.1) is 0 Å². The lowest BCUT2D eigenvalue weighted by molar-refractivity contribution is 0.288. The van der Waals surface area contributed by atoms with Gasteiger partial charge in [-0.2, -0.15) is 0 Å². The van der Waals surface area contributed by atoms with Gasteiger partial charge in [0, 0.05) is 18.8 Å². The van der Waals surface area contributed by atoms with Gasteiger partial charge in [-0.1, -0.05) is 24.8 Å². The maximum atomic E-state index is 11.6. The Hall–Kier alpha value is -2.36. The van der Waals surface area contributed by atoms with Crippen molar-refractivity contribution in [1.82, 2.24) is 9.55 Å². The molecule has 0 fully saturated rings. The van der Waals surface area contributed by atoms with Crippen LogP contribution in [-0.2, 0) is 13.7 Å². The minimum absolute atomic E-state index is 0.0778. The number of hydrogen-bond acceptors (Lipinski definition) is 3. The third-order valence-corrected chi connectivity index (χ3v) is 2.82. The van der Waals surface area contributed by atoms with Gasteiger partial charge in [0.2, 0.25) is 0 Å². The summed E-state index contributed by atoms with van der Waals surface area (Å²) in [5.74, 6) is 1.34. The molecule has 2 aromatic rings. The minimum atomic E-state index is -0.0778. The molecule has 0 spiro atoms. The second-order valence-electron chi connectivity index (χ2n) is 4.28. The van der Waals surface area contributed by atoms with Gasteiger partial charge >= 0.3 is 0 Å². The summed E-state index contributed by atoms with van der Waals surface area (Å²) < 4.78 is 7.15. The van der Waals surface area contributed by atoms with E-state index in [9.17, 15) is 4.79 Å². The Kier molecular flexibility index (Phi) is 3.80. The van der Waals surface area contributed by atoms with Crippen LogP contribution in [0.2, 0.25) is 0 Å². The van der Waals surface area contributed by atoms with Crippen molar-refractivity contribution in [2.24, 2.45) is 7.05 Å². The van der Waals surface area contributed by atoms with Crippen LogP contribution in [0.25, 0.3) is 6.08 Å². The van der Waals surface area contributed by atoms with Crippen LogP contribution in [0.1, 0.15) is 17.1 Å². The van der Waals surface area contributed by atoms with Gasteiger partial charge in [0.25, 0.3) is 5.56 Å². The Balaban J connectivity index is 2.18. The number of nitrogens with zero attached hydrogens (tertiary/aromatic N) is 2. The molecule has 0 radical (unpaired) electrons. The highest BCUT2D eigenvalue weighted by atomic mass is 16.5. The van der Waals surface area contributed by atoms with E-state index >= 15 is 0 Å². The highest BCUT2D eigenvalue weighted by molar-refractivity contribution is 5.49. The molecule has 4 nitrogen and oxygen atoms in total. The molecule has 1 aromatic heterocycles. The molecule has 0 amide bonds. The summed E-state index contributed by atoms with van der Waals surface area (Å²) in [7, 11) is 1.69. The molecule has 0 saturated carbocycles. The molecule has 1 heterocycles. The monoisotopic (exact) mass is 256 g/mol. The van der Waals surface area contributed by atoms with E-state index in [1.54, 1.807) is 20.0 Å². The number of aryl methyl sites for hydroxylation is 1. The Bertz CT molecular complexity index is 659. The average molecular weight is 256 g/mol. The SMILES string of the molecule is C=Cc1cccc(OCc2nc(C)cc(=O)n2C)c1. The molecule has 0 saturated heterocycles. The smallest absolute Gasteiger partial charge is 0.253 e. The minimum Gasteiger partial charge on any atom is -0.486 e. The fourth-order valence-corrected chi connectivity index (χ4v) is 1.72. The lowest BCUT2D eigenvalue weighted by atomic mass is 10.2. The molecule has 0 atom stereocenters. The highest BCUT2D eigenvalue weighted by Crippen LogP contribution is 2.15. The summed E-state index contributed by atoms with van der Waals surface area (Å²) in [6.07, 6.45) is 1.76. The third-order valence-electron chi connectivity index (χ3n) is 2.82. The Morgan fingerprint density at radius 1 is 1.42 bits per heavy atom. The van der Waals surface area contributed by atoms with E-state index < -0.39 is 0 Å².